The van der Waals surface area contributed by atoms with Crippen LogP contribution in [0, 0.1) is 0 Å². The first kappa shape index (κ1) is 116. The third kappa shape index (κ3) is 26.6. The highest BCUT2D eigenvalue weighted by atomic mass is 31.2. The van der Waals surface area contributed by atoms with Crippen molar-refractivity contribution in [3.05, 3.63) is 0 Å². The number of nitrogens with two attached hydrogens (primary N) is 3. The molecule has 0 saturated carbocycles. The number of aliphatic hydroxyl groups excluding tert-OH is 24. The van der Waals surface area contributed by atoms with Crippen molar-refractivity contribution in [2.24, 2.45) is 17.2 Å². The van der Waals surface area contributed by atoms with Gasteiger partial charge in [0.05, 0.1) is 95.4 Å². The fourth-order valence-corrected chi connectivity index (χ4v) is 19.0. The lowest BCUT2D eigenvalue weighted by atomic mass is 9.89. The van der Waals surface area contributed by atoms with Gasteiger partial charge in [0.2, 0.25) is 0 Å². The summed E-state index contributed by atoms with van der Waals surface area (Å²) in [5.74, 6) is -12.6. The number of phosphoric acid groups is 4. The van der Waals surface area contributed by atoms with Crippen LogP contribution in [-0.2, 0) is 136 Å². The average Bonchev–Trinajstić information content (AvgIpc) is 0.738. The lowest BCUT2D eigenvalue weighted by Gasteiger charge is -2.53. The second kappa shape index (κ2) is 47.3. The van der Waals surface area contributed by atoms with Gasteiger partial charge in [0.25, 0.3) is 11.6 Å². The molecule has 10 aliphatic rings. The monoisotopic (exact) mass is 2100 g/mol. The van der Waals surface area contributed by atoms with Gasteiger partial charge in [-0.25, -0.2) is 27.8 Å². The quantitative estimate of drug-likeness (QED) is 0.0253. The number of carboxylic acids is 2. The van der Waals surface area contributed by atoms with Crippen LogP contribution in [-0.4, -0.2) is 560 Å². The largest absolute Gasteiger partial charge is 0.477 e. The highest BCUT2D eigenvalue weighted by Crippen LogP contribution is 2.54. The molecule has 0 spiro atoms. The van der Waals surface area contributed by atoms with Gasteiger partial charge in [0, 0.05) is 12.8 Å². The van der Waals surface area contributed by atoms with Gasteiger partial charge in [-0.15, -0.1) is 0 Å². The van der Waals surface area contributed by atoms with Gasteiger partial charge < -0.3 is 284 Å². The van der Waals surface area contributed by atoms with Gasteiger partial charge in [-0.05, 0) is 13.8 Å². The molecule has 0 radical (unpaired) electrons. The Bertz CT molecular complexity index is 4050. The molecule has 800 valence electrons. The SMILES string of the molecule is C[C@@H]1O[C@@H](O[C@@H]2[C@@H](N)[C@@H](O[C@@H]3[C@@H](N)[C@@H](O[C@H]4[C@H](OP(=O)(O)O)[C@@H]([C@@H](O)CO)O[C@H](O[C@H]5[C@H](OP(=O)(O)O)[C@@H]([C@@H](O)CO)O[C@H](O[C@H]6[C@@H]([C@H](O)CO)O[C@@](O)(C(=O)O)C[C@H]6O[C@]6(C(=O)O)C[C@@H](O)[C@@H](O)[C@@H]([C@H](O)CO)O6)[C@H]5OP(=O)(O)O)[C@H]4OP(=O)(O)O)O[C@H](CO)[C@@H]3O[C@H]3O[C@H](CO)[C@@H](O)[C@H](O)[C@H]3O[C@@H]3O[C@H](CO)[C@@H](O)[C@H](O)[C@H]3O)O[C@H](CO)[C@H]2O)[C@H](O)[C@H](O[C@@H]2O[C@H](C)[C@@H](O)[C@H](O)[C@H]2N)[C@H]1O. The first-order valence-electron chi connectivity index (χ1n) is 41.4. The smallest absolute Gasteiger partial charge is 0.470 e. The van der Waals surface area contributed by atoms with Crippen LogP contribution >= 0.6 is 31.3 Å². The standard InChI is InChI=1S/C66H117N3O64P4/c1-13-28(83)34(89)25(67)55(111-13)123-47-29(84)14(2)112-59(38(47)93)121-45-26(68)56(113-23(11-76)33(45)88)122-46-27(69)57(116-24(12-77)44(46)120-60-48(36(91)32(87)22(10-75)115-60)124-58-37(92)35(90)31(86)21(9-74)114-58)125-49-51(130-134(99,100)101)40(17(80)6-71)118-62(53(49)132-136(105,106)107)126-50-52(131-135(102,103)104)41(18(81)7-72)117-61(54(50)133-137(108,109)110)119-43-20(4-65(98,63(94)95)128-42(43)19(82)8-73)127-66(64(96)97)3-15(78)30(85)39(129-66)16(79)5-70/h13-62,70-93,98H,3-12,67-69H2,1-2H3,(H,94,95)(H,96,97)(H2,99,100,101)(H2,102,103,104)(H2,105,106,107)(H2,108,109,110)/t13-,14+,15-,16-,17+,18+,19-,20-,21-,22-,23-,24-,25-,26-,27-,28-,29+,30-,31-,32-,33-,34-,35+,36+,37-,38-,39-,40-,41-,42-,43-,44+,45-,46-,47-,48-,49+,50+,51-,52-,53+,54+,55+,56-,57-,58+,59+,60-,61-,62-,65-,66-/m1/s1. The second-order valence-corrected chi connectivity index (χ2v) is 38.1. The van der Waals surface area contributed by atoms with E-state index in [4.69, 9.17) is 125 Å². The number of aliphatic hydroxyl groups is 25. The predicted molar refractivity (Wildman–Crippen MR) is 411 cm³/mol. The molecule has 0 aliphatic carbocycles. The molecule has 10 saturated heterocycles. The van der Waals surface area contributed by atoms with Crippen LogP contribution in [0.1, 0.15) is 26.7 Å². The fraction of sp³-hybridized carbons (Fsp3) is 0.970. The lowest BCUT2D eigenvalue weighted by molar-refractivity contribution is -0.405. The molecule has 10 heterocycles. The van der Waals surface area contributed by atoms with E-state index in [0.29, 0.717) is 0 Å². The van der Waals surface area contributed by atoms with Crippen molar-refractivity contribution in [3.63, 3.8) is 0 Å². The van der Waals surface area contributed by atoms with Crippen molar-refractivity contribution in [1.82, 2.24) is 0 Å². The lowest BCUT2D eigenvalue weighted by Crippen LogP contribution is -2.72. The Labute approximate surface area is 768 Å². The molecule has 137 heavy (non-hydrogen) atoms. The molecular formula is C66H117N3O64P4. The van der Waals surface area contributed by atoms with Crippen LogP contribution in [0.3, 0.4) is 0 Å². The van der Waals surface area contributed by atoms with Crippen LogP contribution in [0.5, 0.6) is 0 Å². The van der Waals surface area contributed by atoms with Crippen LogP contribution in [0.15, 0.2) is 0 Å². The number of phosphoric ester groups is 4. The Kier molecular flexibility index (Phi) is 40.2. The van der Waals surface area contributed by atoms with Gasteiger partial charge in [-0.3, -0.25) is 18.1 Å². The van der Waals surface area contributed by atoms with Crippen LogP contribution in [0.4, 0.5) is 0 Å². The van der Waals surface area contributed by atoms with Crippen molar-refractivity contribution >= 4 is 43.2 Å². The molecule has 0 aromatic heterocycles. The third-order valence-corrected chi connectivity index (χ3v) is 25.9. The number of carbonyl (C=O) groups is 2. The van der Waals surface area contributed by atoms with E-state index < -0.39 is 427 Å². The molecule has 0 bridgehead atoms. The van der Waals surface area contributed by atoms with Crippen molar-refractivity contribution in [2.75, 3.05) is 52.9 Å². The highest BCUT2D eigenvalue weighted by Gasteiger charge is 2.68. The molecule has 10 aliphatic heterocycles. The Balaban J connectivity index is 1.12. The average molecular weight is 2100 g/mol. The molecule has 0 amide bonds. The molecule has 0 unspecified atom stereocenters. The summed E-state index contributed by atoms with van der Waals surface area (Å²) in [5, 5.41) is 298. The number of hydrogen-bond donors (Lipinski definition) is 38. The maximum absolute atomic E-state index is 13.8. The molecule has 41 N–H and O–H groups in total. The van der Waals surface area contributed by atoms with E-state index in [9.17, 15) is 205 Å². The minimum absolute atomic E-state index is 1.15. The number of aliphatic carboxylic acids is 2. The van der Waals surface area contributed by atoms with Crippen molar-refractivity contribution in [3.8, 4) is 0 Å². The van der Waals surface area contributed by atoms with E-state index >= 15 is 0 Å². The Hall–Kier alpha value is -2.50. The number of hydrogen-bond acceptors (Lipinski definition) is 57. The number of rotatable bonds is 40. The second-order valence-electron chi connectivity index (χ2n) is 33.4. The van der Waals surface area contributed by atoms with E-state index in [-0.39, 0.29) is 0 Å². The van der Waals surface area contributed by atoms with Crippen LogP contribution in [0.2, 0.25) is 0 Å². The normalized spacial score (nSPS) is 47.2. The summed E-state index contributed by atoms with van der Waals surface area (Å²) in [6, 6.07) is -6.54. The van der Waals surface area contributed by atoms with Crippen molar-refractivity contribution in [1.29, 1.82) is 0 Å². The predicted octanol–water partition coefficient (Wildman–Crippen LogP) is -22.0. The maximum Gasteiger partial charge on any atom is 0.470 e. The maximum atomic E-state index is 13.8. The summed E-state index contributed by atoms with van der Waals surface area (Å²) in [5.41, 5.74) is 20.0. The van der Waals surface area contributed by atoms with E-state index in [1.54, 1.807) is 0 Å². The van der Waals surface area contributed by atoms with E-state index in [1.165, 1.54) is 13.8 Å². The minimum atomic E-state index is -6.76. The van der Waals surface area contributed by atoms with Crippen molar-refractivity contribution < 1.29 is 313 Å². The summed E-state index contributed by atoms with van der Waals surface area (Å²) in [7, 11) is -26.6. The fourth-order valence-electron chi connectivity index (χ4n) is 16.8. The zero-order valence-corrected chi connectivity index (χ0v) is 74.5. The van der Waals surface area contributed by atoms with Gasteiger partial charge in [-0.2, -0.15) is 0 Å². The van der Waals surface area contributed by atoms with Gasteiger partial charge in [0.1, 0.15) is 214 Å². The molecule has 10 rings (SSSR count). The minimum Gasteiger partial charge on any atom is -0.477 e. The van der Waals surface area contributed by atoms with Gasteiger partial charge in [-0.1, -0.05) is 0 Å². The van der Waals surface area contributed by atoms with Gasteiger partial charge in [0.15, 0.2) is 50.3 Å². The summed E-state index contributed by atoms with van der Waals surface area (Å²) < 4.78 is 186. The van der Waals surface area contributed by atoms with E-state index in [0.717, 1.165) is 0 Å². The highest BCUT2D eigenvalue weighted by molar-refractivity contribution is 7.47. The summed E-state index contributed by atoms with van der Waals surface area (Å²) >= 11 is 0. The number of carboxylic acid groups (broad SMARTS) is 2. The Morgan fingerprint density at radius 2 is 0.693 bits per heavy atom. The zero-order valence-electron chi connectivity index (χ0n) is 71.0. The summed E-state index contributed by atoms with van der Waals surface area (Å²) in [6.07, 6.45) is -123. The molecule has 0 aromatic rings. The third-order valence-electron chi connectivity index (χ3n) is 23.8. The van der Waals surface area contributed by atoms with Gasteiger partial charge >= 0.3 is 43.2 Å². The van der Waals surface area contributed by atoms with Crippen LogP contribution < -0.4 is 17.2 Å². The first-order chi connectivity index (χ1) is 63.7. The summed E-state index contributed by atoms with van der Waals surface area (Å²) in [4.78, 5) is 113. The number of ether oxygens (including phenoxy) is 19. The molecule has 67 nitrogen and oxygen atoms in total. The first-order valence-corrected chi connectivity index (χ1v) is 47.5. The summed E-state index contributed by atoms with van der Waals surface area (Å²) in [6.45, 7) is -9.79. The van der Waals surface area contributed by atoms with E-state index in [1.807, 2.05) is 0 Å². The molecule has 0 aromatic carbocycles. The Morgan fingerprint density at radius 3 is 1.18 bits per heavy atom. The topological polar surface area (TPSA) is 1100 Å². The Morgan fingerprint density at radius 1 is 0.328 bits per heavy atom. The van der Waals surface area contributed by atoms with Crippen LogP contribution in [0.25, 0.3) is 0 Å². The molecular weight excluding hydrogens is 1980 g/mol. The van der Waals surface area contributed by atoms with Crippen molar-refractivity contribution in [2.45, 2.75) is 345 Å². The zero-order chi connectivity index (χ0) is 102. The molecule has 71 heteroatoms. The van der Waals surface area contributed by atoms with E-state index in [2.05, 4.69) is 0 Å². The molecule has 10 fully saturated rings. The molecule has 52 atom stereocenters.